The Morgan fingerprint density at radius 1 is 1.17 bits per heavy atom. The number of pyridine rings is 1. The third-order valence-corrected chi connectivity index (χ3v) is 4.20. The van der Waals surface area contributed by atoms with Crippen molar-refractivity contribution in [2.24, 2.45) is 5.92 Å². The van der Waals surface area contributed by atoms with Crippen molar-refractivity contribution in [2.45, 2.75) is 61.4 Å². The first-order valence-corrected chi connectivity index (χ1v) is 8.46. The summed E-state index contributed by atoms with van der Waals surface area (Å²) in [5.74, 6) is 0.496. The minimum Gasteiger partial charge on any atom is -0.324 e. The van der Waals surface area contributed by atoms with Crippen molar-refractivity contribution in [2.75, 3.05) is 5.32 Å². The smallest absolute Gasteiger partial charge is 0.228 e. The fraction of sp³-hybridized carbons (Fsp3) is 0.526. The quantitative estimate of drug-likeness (QED) is 0.911. The van der Waals surface area contributed by atoms with Crippen molar-refractivity contribution < 1.29 is 4.79 Å². The third-order valence-electron chi connectivity index (χ3n) is 4.20. The van der Waals surface area contributed by atoms with Crippen molar-refractivity contribution in [1.82, 2.24) is 14.8 Å². The summed E-state index contributed by atoms with van der Waals surface area (Å²) in [4.78, 5) is 17.0. The van der Waals surface area contributed by atoms with E-state index in [0.29, 0.717) is 12.3 Å². The van der Waals surface area contributed by atoms with Crippen LogP contribution in [0.15, 0.2) is 6.07 Å². The molecule has 0 spiro atoms. The molecule has 0 radical (unpaired) electrons. The van der Waals surface area contributed by atoms with Crippen LogP contribution < -0.4 is 5.32 Å². The largest absolute Gasteiger partial charge is 0.324 e. The van der Waals surface area contributed by atoms with Gasteiger partial charge in [0.25, 0.3) is 0 Å². The maximum atomic E-state index is 12.5. The van der Waals surface area contributed by atoms with E-state index in [9.17, 15) is 4.79 Å². The molecule has 0 aliphatic rings. The van der Waals surface area contributed by atoms with Gasteiger partial charge in [-0.3, -0.25) is 14.5 Å². The summed E-state index contributed by atoms with van der Waals surface area (Å²) < 4.78 is 2.01. The van der Waals surface area contributed by atoms with Crippen molar-refractivity contribution in [3.63, 3.8) is 0 Å². The van der Waals surface area contributed by atoms with Crippen molar-refractivity contribution in [3.05, 3.63) is 40.0 Å². The second-order valence-corrected chi connectivity index (χ2v) is 6.99. The van der Waals surface area contributed by atoms with Gasteiger partial charge in [-0.25, -0.2) is 0 Å². The van der Waals surface area contributed by atoms with E-state index in [1.165, 1.54) is 0 Å². The number of hydrogen-bond donors (Lipinski definition) is 1. The summed E-state index contributed by atoms with van der Waals surface area (Å²) in [5, 5.41) is 7.60. The molecule has 2 aromatic rings. The Morgan fingerprint density at radius 2 is 1.83 bits per heavy atom. The normalized spacial score (nSPS) is 11.2. The SMILES string of the molecule is Cc1cc(C)c(NC(=O)Cc2c(C)nn(CC(C)C)c2C)c(C)n1. The Bertz CT molecular complexity index is 736. The Labute approximate surface area is 144 Å². The molecule has 0 aromatic carbocycles. The van der Waals surface area contributed by atoms with E-state index in [-0.39, 0.29) is 5.91 Å². The molecule has 0 aliphatic heterocycles. The minimum atomic E-state index is -0.0258. The lowest BCUT2D eigenvalue weighted by atomic mass is 10.1. The van der Waals surface area contributed by atoms with Crippen LogP contribution in [-0.4, -0.2) is 20.7 Å². The molecule has 5 heteroatoms. The molecule has 24 heavy (non-hydrogen) atoms. The summed E-state index contributed by atoms with van der Waals surface area (Å²) in [6.07, 6.45) is 0.336. The fourth-order valence-electron chi connectivity index (χ4n) is 3.07. The van der Waals surface area contributed by atoms with Crippen LogP contribution in [0.25, 0.3) is 0 Å². The predicted molar refractivity (Wildman–Crippen MR) is 97.3 cm³/mol. The number of aromatic nitrogens is 3. The van der Waals surface area contributed by atoms with Gasteiger partial charge < -0.3 is 5.32 Å². The molecule has 1 amide bonds. The summed E-state index contributed by atoms with van der Waals surface area (Å²) in [7, 11) is 0. The van der Waals surface area contributed by atoms with E-state index in [1.807, 2.05) is 45.4 Å². The van der Waals surface area contributed by atoms with E-state index in [2.05, 4.69) is 29.2 Å². The standard InChI is InChI=1S/C19H28N4O/c1-11(2)10-23-16(7)17(14(5)22-23)9-18(24)21-19-12(3)8-13(4)20-15(19)6/h8,11H,9-10H2,1-7H3,(H,21,24). The topological polar surface area (TPSA) is 59.8 Å². The summed E-state index contributed by atoms with van der Waals surface area (Å²) in [6, 6.07) is 1.99. The van der Waals surface area contributed by atoms with E-state index in [4.69, 9.17) is 0 Å². The maximum absolute atomic E-state index is 12.5. The molecule has 0 bridgehead atoms. The van der Waals surface area contributed by atoms with Gasteiger partial charge in [-0.15, -0.1) is 0 Å². The first kappa shape index (κ1) is 18.2. The maximum Gasteiger partial charge on any atom is 0.228 e. The van der Waals surface area contributed by atoms with Crippen molar-refractivity contribution >= 4 is 11.6 Å². The molecule has 130 valence electrons. The molecular weight excluding hydrogens is 300 g/mol. The number of hydrogen-bond acceptors (Lipinski definition) is 3. The number of anilines is 1. The van der Waals surface area contributed by atoms with E-state index in [0.717, 1.165) is 46.1 Å². The van der Waals surface area contributed by atoms with Gasteiger partial charge in [-0.1, -0.05) is 13.8 Å². The highest BCUT2D eigenvalue weighted by Gasteiger charge is 2.17. The van der Waals surface area contributed by atoms with Crippen molar-refractivity contribution in [1.29, 1.82) is 0 Å². The summed E-state index contributed by atoms with van der Waals surface area (Å²) in [6.45, 7) is 15.1. The number of aryl methyl sites for hydroxylation is 4. The molecule has 0 fully saturated rings. The molecule has 0 unspecified atom stereocenters. The van der Waals surface area contributed by atoms with Gasteiger partial charge >= 0.3 is 0 Å². The zero-order valence-electron chi connectivity index (χ0n) is 15.8. The number of nitrogens with one attached hydrogen (secondary N) is 1. The lowest BCUT2D eigenvalue weighted by Crippen LogP contribution is -2.17. The Balaban J connectivity index is 2.18. The number of carbonyl (C=O) groups is 1. The molecule has 2 aromatic heterocycles. The number of rotatable bonds is 5. The Hall–Kier alpha value is -2.17. The van der Waals surface area contributed by atoms with Crippen LogP contribution in [0.4, 0.5) is 5.69 Å². The second-order valence-electron chi connectivity index (χ2n) is 6.99. The van der Waals surface area contributed by atoms with Gasteiger partial charge in [0.15, 0.2) is 0 Å². The van der Waals surface area contributed by atoms with Gasteiger partial charge in [0.1, 0.15) is 0 Å². The first-order chi connectivity index (χ1) is 11.2. The van der Waals surface area contributed by atoms with Gasteiger partial charge in [0.05, 0.1) is 23.5 Å². The van der Waals surface area contributed by atoms with Gasteiger partial charge in [0, 0.05) is 23.5 Å². The molecule has 0 aliphatic carbocycles. The highest BCUT2D eigenvalue weighted by molar-refractivity contribution is 5.93. The molecule has 1 N–H and O–H groups in total. The molecule has 2 rings (SSSR count). The number of nitrogens with zero attached hydrogens (tertiary/aromatic N) is 3. The average molecular weight is 328 g/mol. The molecular formula is C19H28N4O. The zero-order chi connectivity index (χ0) is 18.0. The van der Waals surface area contributed by atoms with E-state index >= 15 is 0 Å². The average Bonchev–Trinajstić information content (AvgIpc) is 2.70. The number of carbonyl (C=O) groups excluding carboxylic acids is 1. The second kappa shape index (κ2) is 7.16. The highest BCUT2D eigenvalue weighted by Crippen LogP contribution is 2.21. The zero-order valence-corrected chi connectivity index (χ0v) is 15.8. The molecule has 5 nitrogen and oxygen atoms in total. The van der Waals surface area contributed by atoms with Gasteiger partial charge in [-0.2, -0.15) is 5.10 Å². The summed E-state index contributed by atoms with van der Waals surface area (Å²) >= 11 is 0. The van der Waals surface area contributed by atoms with Crippen molar-refractivity contribution in [3.8, 4) is 0 Å². The van der Waals surface area contributed by atoms with E-state index in [1.54, 1.807) is 0 Å². The van der Waals surface area contributed by atoms with Crippen LogP contribution in [0.1, 0.15) is 47.8 Å². The van der Waals surface area contributed by atoms with Crippen LogP contribution in [0.5, 0.6) is 0 Å². The Morgan fingerprint density at radius 3 is 2.42 bits per heavy atom. The van der Waals surface area contributed by atoms with Gasteiger partial charge in [-0.05, 0) is 52.2 Å². The molecule has 0 saturated heterocycles. The molecule has 0 atom stereocenters. The molecule has 2 heterocycles. The lowest BCUT2D eigenvalue weighted by molar-refractivity contribution is -0.115. The number of amides is 1. The summed E-state index contributed by atoms with van der Waals surface area (Å²) in [5.41, 5.74) is 6.69. The first-order valence-electron chi connectivity index (χ1n) is 8.46. The monoisotopic (exact) mass is 328 g/mol. The van der Waals surface area contributed by atoms with Crippen LogP contribution in [0.2, 0.25) is 0 Å². The van der Waals surface area contributed by atoms with Gasteiger partial charge in [0.2, 0.25) is 5.91 Å². The predicted octanol–water partition coefficient (Wildman–Crippen LogP) is 3.66. The van der Waals surface area contributed by atoms with Crippen LogP contribution in [-0.2, 0) is 17.8 Å². The fourth-order valence-corrected chi connectivity index (χ4v) is 3.07. The van der Waals surface area contributed by atoms with Crippen LogP contribution >= 0.6 is 0 Å². The van der Waals surface area contributed by atoms with Crippen LogP contribution in [0, 0.1) is 40.5 Å². The van der Waals surface area contributed by atoms with E-state index < -0.39 is 0 Å². The van der Waals surface area contributed by atoms with Crippen LogP contribution in [0.3, 0.4) is 0 Å². The minimum absolute atomic E-state index is 0.0258. The molecule has 0 saturated carbocycles. The lowest BCUT2D eigenvalue weighted by Gasteiger charge is -2.12. The Kier molecular flexibility index (Phi) is 5.42. The third kappa shape index (κ3) is 4.02. The highest BCUT2D eigenvalue weighted by atomic mass is 16.1.